The molecule has 2 N–H and O–H groups in total. The van der Waals surface area contributed by atoms with Crippen molar-refractivity contribution in [1.29, 1.82) is 0 Å². The molecule has 166 valence electrons. The summed E-state index contributed by atoms with van der Waals surface area (Å²) in [7, 11) is 0. The van der Waals surface area contributed by atoms with E-state index in [0.717, 1.165) is 49.2 Å². The number of nitrogens with one attached hydrogen (secondary N) is 2. The largest absolute Gasteiger partial charge is 0.369 e. The van der Waals surface area contributed by atoms with Gasteiger partial charge in [-0.2, -0.15) is 0 Å². The minimum Gasteiger partial charge on any atom is -0.369 e. The van der Waals surface area contributed by atoms with Crippen LogP contribution in [0.4, 0.5) is 5.69 Å². The van der Waals surface area contributed by atoms with Gasteiger partial charge in [0, 0.05) is 49.8 Å². The van der Waals surface area contributed by atoms with Crippen LogP contribution in [0.1, 0.15) is 31.4 Å². The van der Waals surface area contributed by atoms with E-state index in [1.165, 1.54) is 12.6 Å². The zero-order chi connectivity index (χ0) is 22.1. The first-order chi connectivity index (χ1) is 15.0. The lowest BCUT2D eigenvalue weighted by Gasteiger charge is -2.36. The van der Waals surface area contributed by atoms with Crippen LogP contribution < -0.4 is 15.5 Å². The molecule has 0 radical (unpaired) electrons. The van der Waals surface area contributed by atoms with E-state index in [9.17, 15) is 9.59 Å². The first-order valence-corrected chi connectivity index (χ1v) is 11.6. The van der Waals surface area contributed by atoms with Gasteiger partial charge in [-0.3, -0.25) is 14.5 Å². The molecular formula is C24H31BrN4O2. The third-order valence-corrected chi connectivity index (χ3v) is 6.03. The number of piperazine rings is 1. The summed E-state index contributed by atoms with van der Waals surface area (Å²) in [5.74, 6) is -0.189. The lowest BCUT2D eigenvalue weighted by molar-refractivity contribution is -0.122. The topological polar surface area (TPSA) is 64.7 Å². The molecule has 6 nitrogen and oxygen atoms in total. The van der Waals surface area contributed by atoms with Gasteiger partial charge in [-0.15, -0.1) is 0 Å². The van der Waals surface area contributed by atoms with Crippen molar-refractivity contribution in [2.75, 3.05) is 44.2 Å². The van der Waals surface area contributed by atoms with Gasteiger partial charge in [0.15, 0.2) is 0 Å². The van der Waals surface area contributed by atoms with Crippen molar-refractivity contribution < 1.29 is 9.59 Å². The molecule has 2 aromatic rings. The van der Waals surface area contributed by atoms with Gasteiger partial charge in [0.25, 0.3) is 0 Å². The molecule has 1 aliphatic heterocycles. The molecule has 2 aromatic carbocycles. The van der Waals surface area contributed by atoms with Gasteiger partial charge < -0.3 is 15.5 Å². The van der Waals surface area contributed by atoms with Gasteiger partial charge in [0.2, 0.25) is 11.8 Å². The average molecular weight is 487 g/mol. The molecule has 1 atom stereocenters. The Morgan fingerprint density at radius 1 is 1.00 bits per heavy atom. The summed E-state index contributed by atoms with van der Waals surface area (Å²) in [5.41, 5.74) is 2.21. The van der Waals surface area contributed by atoms with Crippen LogP contribution in [0.25, 0.3) is 0 Å². The number of hydrogen-bond acceptors (Lipinski definition) is 4. The Balaban J connectivity index is 1.36. The van der Waals surface area contributed by atoms with Gasteiger partial charge in [0.1, 0.15) is 0 Å². The number of hydrogen-bond donors (Lipinski definition) is 2. The average Bonchev–Trinajstić information content (AvgIpc) is 2.77. The molecule has 1 aliphatic rings. The summed E-state index contributed by atoms with van der Waals surface area (Å²) >= 11 is 3.41. The van der Waals surface area contributed by atoms with Gasteiger partial charge in [0.05, 0.1) is 12.5 Å². The zero-order valence-corrected chi connectivity index (χ0v) is 19.6. The Labute approximate surface area is 193 Å². The van der Waals surface area contributed by atoms with Crippen LogP contribution in [-0.4, -0.2) is 56.0 Å². The summed E-state index contributed by atoms with van der Waals surface area (Å²) in [6.07, 6.45) is 1.15. The van der Waals surface area contributed by atoms with Crippen molar-refractivity contribution in [2.45, 2.75) is 25.8 Å². The molecule has 1 saturated heterocycles. The zero-order valence-electron chi connectivity index (χ0n) is 18.0. The molecule has 3 rings (SSSR count). The molecule has 31 heavy (non-hydrogen) atoms. The minimum atomic E-state index is -0.323. The van der Waals surface area contributed by atoms with Crippen LogP contribution in [0, 0.1) is 0 Å². The molecule has 0 bridgehead atoms. The van der Waals surface area contributed by atoms with Gasteiger partial charge in [-0.05, 0) is 42.8 Å². The maximum Gasteiger partial charge on any atom is 0.222 e. The standard InChI is InChI=1S/C24H31BrN4O2/c1-19(30)27-23(20-8-10-21(25)11-9-20)18-24(31)26-12-5-13-28-14-16-29(17-15-28)22-6-3-2-4-7-22/h2-4,6-11,23H,5,12-18H2,1H3,(H,26,31)(H,27,30). The molecule has 0 spiro atoms. The van der Waals surface area contributed by atoms with E-state index >= 15 is 0 Å². The van der Waals surface area contributed by atoms with Crippen molar-refractivity contribution >= 4 is 33.4 Å². The first-order valence-electron chi connectivity index (χ1n) is 10.8. The van der Waals surface area contributed by atoms with Crippen LogP contribution in [0.15, 0.2) is 59.1 Å². The van der Waals surface area contributed by atoms with Crippen molar-refractivity contribution in [2.24, 2.45) is 0 Å². The molecule has 0 aromatic heterocycles. The van der Waals surface area contributed by atoms with Crippen LogP contribution in [-0.2, 0) is 9.59 Å². The third kappa shape index (κ3) is 7.67. The van der Waals surface area contributed by atoms with Crippen LogP contribution in [0.2, 0.25) is 0 Å². The molecule has 1 fully saturated rings. The van der Waals surface area contributed by atoms with Crippen molar-refractivity contribution in [3.63, 3.8) is 0 Å². The predicted octanol–water partition coefficient (Wildman–Crippen LogP) is 3.34. The summed E-state index contributed by atoms with van der Waals surface area (Å²) < 4.78 is 0.965. The number of amides is 2. The molecular weight excluding hydrogens is 456 g/mol. The van der Waals surface area contributed by atoms with Crippen LogP contribution in [0.5, 0.6) is 0 Å². The van der Waals surface area contributed by atoms with Gasteiger partial charge in [-0.1, -0.05) is 46.3 Å². The highest BCUT2D eigenvalue weighted by atomic mass is 79.9. The Bertz CT molecular complexity index is 836. The van der Waals surface area contributed by atoms with Crippen LogP contribution >= 0.6 is 15.9 Å². The summed E-state index contributed by atoms with van der Waals surface area (Å²) in [4.78, 5) is 28.9. The third-order valence-electron chi connectivity index (χ3n) is 5.51. The van der Waals surface area contributed by atoms with Gasteiger partial charge >= 0.3 is 0 Å². The van der Waals surface area contributed by atoms with E-state index in [1.54, 1.807) is 0 Å². The van der Waals surface area contributed by atoms with Crippen molar-refractivity contribution in [3.8, 4) is 0 Å². The number of carbonyl (C=O) groups is 2. The molecule has 1 unspecified atom stereocenters. The Morgan fingerprint density at radius 2 is 1.68 bits per heavy atom. The van der Waals surface area contributed by atoms with E-state index in [0.29, 0.717) is 6.54 Å². The molecule has 0 aliphatic carbocycles. The molecule has 1 heterocycles. The number of para-hydroxylation sites is 1. The minimum absolute atomic E-state index is 0.0458. The highest BCUT2D eigenvalue weighted by Crippen LogP contribution is 2.20. The summed E-state index contributed by atoms with van der Waals surface area (Å²) in [6, 6.07) is 17.9. The Hall–Kier alpha value is -2.38. The number of rotatable bonds is 9. The fraction of sp³-hybridized carbons (Fsp3) is 0.417. The number of benzene rings is 2. The van der Waals surface area contributed by atoms with E-state index in [-0.39, 0.29) is 24.3 Å². The second kappa shape index (κ2) is 11.9. The summed E-state index contributed by atoms with van der Waals surface area (Å²) in [6.45, 7) is 7.23. The quantitative estimate of drug-likeness (QED) is 0.533. The van der Waals surface area contributed by atoms with E-state index < -0.39 is 0 Å². The van der Waals surface area contributed by atoms with Crippen molar-refractivity contribution in [3.05, 3.63) is 64.6 Å². The van der Waals surface area contributed by atoms with E-state index in [4.69, 9.17) is 0 Å². The maximum atomic E-state index is 12.4. The second-order valence-corrected chi connectivity index (χ2v) is 8.79. The van der Waals surface area contributed by atoms with Crippen LogP contribution in [0.3, 0.4) is 0 Å². The SMILES string of the molecule is CC(=O)NC(CC(=O)NCCCN1CCN(c2ccccc2)CC1)c1ccc(Br)cc1. The number of halogens is 1. The fourth-order valence-electron chi connectivity index (χ4n) is 3.85. The van der Waals surface area contributed by atoms with E-state index in [1.807, 2.05) is 30.3 Å². The monoisotopic (exact) mass is 486 g/mol. The lowest BCUT2D eigenvalue weighted by Crippen LogP contribution is -2.47. The number of carbonyl (C=O) groups excluding carboxylic acids is 2. The summed E-state index contributed by atoms with van der Waals surface area (Å²) in [5, 5.41) is 5.88. The normalized spacial score (nSPS) is 15.4. The maximum absolute atomic E-state index is 12.4. The molecule has 2 amide bonds. The highest BCUT2D eigenvalue weighted by molar-refractivity contribution is 9.10. The Kier molecular flexibility index (Phi) is 8.91. The smallest absolute Gasteiger partial charge is 0.222 e. The van der Waals surface area contributed by atoms with Gasteiger partial charge in [-0.25, -0.2) is 0 Å². The fourth-order valence-corrected chi connectivity index (χ4v) is 4.11. The lowest BCUT2D eigenvalue weighted by atomic mass is 10.0. The highest BCUT2D eigenvalue weighted by Gasteiger charge is 2.18. The number of anilines is 1. The molecule has 7 heteroatoms. The van der Waals surface area contributed by atoms with Crippen molar-refractivity contribution in [1.82, 2.24) is 15.5 Å². The predicted molar refractivity (Wildman–Crippen MR) is 128 cm³/mol. The number of nitrogens with zero attached hydrogens (tertiary/aromatic N) is 2. The first kappa shape index (κ1) is 23.3. The van der Waals surface area contributed by atoms with E-state index in [2.05, 4.69) is 60.6 Å². The Morgan fingerprint density at radius 3 is 2.32 bits per heavy atom. The second-order valence-electron chi connectivity index (χ2n) is 7.88. The molecule has 0 saturated carbocycles.